The lowest BCUT2D eigenvalue weighted by Gasteiger charge is -2.13. The van der Waals surface area contributed by atoms with Crippen molar-refractivity contribution in [3.8, 4) is 0 Å². The summed E-state index contributed by atoms with van der Waals surface area (Å²) in [6.45, 7) is 3.66. The van der Waals surface area contributed by atoms with Crippen LogP contribution in [0.5, 0.6) is 0 Å². The third-order valence-corrected chi connectivity index (χ3v) is 3.96. The van der Waals surface area contributed by atoms with E-state index in [1.54, 1.807) is 0 Å². The minimum atomic E-state index is -3.69. The first-order valence-electron chi connectivity index (χ1n) is 5.74. The summed E-state index contributed by atoms with van der Waals surface area (Å²) in [5, 5.41) is 8.51. The minimum Gasteiger partial charge on any atom is -0.478 e. The summed E-state index contributed by atoms with van der Waals surface area (Å²) in [7, 11) is -1.80. The van der Waals surface area contributed by atoms with Gasteiger partial charge in [-0.3, -0.25) is 0 Å². The summed E-state index contributed by atoms with van der Waals surface area (Å²) in [5.74, 6) is -1.14. The van der Waals surface area contributed by atoms with Crippen molar-refractivity contribution >= 4 is 16.0 Å². The Bertz CT molecular complexity index is 527. The molecule has 1 aromatic heterocycles. The molecule has 0 spiro atoms. The molecule has 0 aliphatic rings. The lowest BCUT2D eigenvalue weighted by Crippen LogP contribution is -2.33. The van der Waals surface area contributed by atoms with Crippen LogP contribution >= 0.6 is 0 Å². The van der Waals surface area contributed by atoms with E-state index < -0.39 is 16.0 Å². The molecule has 0 fully saturated rings. The number of carbonyl (C=O) groups is 1. The third kappa shape index (κ3) is 4.58. The predicted molar refractivity (Wildman–Crippen MR) is 69.6 cm³/mol. The van der Waals surface area contributed by atoms with E-state index in [2.05, 4.69) is 9.71 Å². The summed E-state index contributed by atoms with van der Waals surface area (Å²) in [6.07, 6.45) is 1.02. The first-order chi connectivity index (χ1) is 8.86. The van der Waals surface area contributed by atoms with Crippen LogP contribution in [0.2, 0.25) is 0 Å². The van der Waals surface area contributed by atoms with Crippen LogP contribution in [0.4, 0.5) is 0 Å². The average Bonchev–Trinajstić information content (AvgIpc) is 2.38. The standard InChI is InChI=1S/C11H17N3O4S/c1-3-14(2)7-6-13-19(17,18)10-5-4-9(8-12-10)11(15)16/h4-5,8,13H,3,6-7H2,1-2H3,(H,15,16). The molecular formula is C11H17N3O4S. The molecule has 0 radical (unpaired) electrons. The highest BCUT2D eigenvalue weighted by atomic mass is 32.2. The fourth-order valence-electron chi connectivity index (χ4n) is 1.27. The highest BCUT2D eigenvalue weighted by Gasteiger charge is 2.16. The molecule has 0 bridgehead atoms. The summed E-state index contributed by atoms with van der Waals surface area (Å²) < 4.78 is 26.1. The highest BCUT2D eigenvalue weighted by Crippen LogP contribution is 2.06. The van der Waals surface area contributed by atoms with E-state index in [9.17, 15) is 13.2 Å². The van der Waals surface area contributed by atoms with Gasteiger partial charge in [-0.25, -0.2) is 22.9 Å². The van der Waals surface area contributed by atoms with Crippen LogP contribution in [0.3, 0.4) is 0 Å². The van der Waals surface area contributed by atoms with Crippen molar-refractivity contribution in [3.63, 3.8) is 0 Å². The van der Waals surface area contributed by atoms with Gasteiger partial charge >= 0.3 is 5.97 Å². The zero-order valence-corrected chi connectivity index (χ0v) is 11.6. The number of aromatic nitrogens is 1. The number of aromatic carboxylic acids is 1. The Morgan fingerprint density at radius 1 is 1.47 bits per heavy atom. The van der Waals surface area contributed by atoms with Gasteiger partial charge in [0.1, 0.15) is 0 Å². The fourth-order valence-corrected chi connectivity index (χ4v) is 2.22. The van der Waals surface area contributed by atoms with Crippen molar-refractivity contribution in [3.05, 3.63) is 23.9 Å². The molecule has 0 atom stereocenters. The van der Waals surface area contributed by atoms with E-state index in [1.165, 1.54) is 12.1 Å². The predicted octanol–water partition coefficient (Wildman–Crippen LogP) is 0.00980. The van der Waals surface area contributed by atoms with Crippen molar-refractivity contribution in [1.82, 2.24) is 14.6 Å². The molecule has 19 heavy (non-hydrogen) atoms. The first kappa shape index (κ1) is 15.5. The Hall–Kier alpha value is -1.51. The number of sulfonamides is 1. The largest absolute Gasteiger partial charge is 0.478 e. The molecule has 8 heteroatoms. The maximum Gasteiger partial charge on any atom is 0.337 e. The molecule has 0 aromatic carbocycles. The van der Waals surface area contributed by atoms with Crippen molar-refractivity contribution in [1.29, 1.82) is 0 Å². The number of hydrogen-bond acceptors (Lipinski definition) is 5. The van der Waals surface area contributed by atoms with Gasteiger partial charge in [0, 0.05) is 19.3 Å². The molecule has 2 N–H and O–H groups in total. The lowest BCUT2D eigenvalue weighted by atomic mass is 10.3. The SMILES string of the molecule is CCN(C)CCNS(=O)(=O)c1ccc(C(=O)O)cn1. The summed E-state index contributed by atoms with van der Waals surface area (Å²) in [4.78, 5) is 16.2. The van der Waals surface area contributed by atoms with Crippen molar-refractivity contribution in [2.24, 2.45) is 0 Å². The lowest BCUT2D eigenvalue weighted by molar-refractivity contribution is 0.0696. The van der Waals surface area contributed by atoms with E-state index in [1.807, 2.05) is 18.9 Å². The van der Waals surface area contributed by atoms with Gasteiger partial charge in [-0.1, -0.05) is 6.92 Å². The maximum absolute atomic E-state index is 11.8. The van der Waals surface area contributed by atoms with Crippen LogP contribution in [0.25, 0.3) is 0 Å². The van der Waals surface area contributed by atoms with Gasteiger partial charge in [0.15, 0.2) is 5.03 Å². The second-order valence-corrected chi connectivity index (χ2v) is 5.70. The van der Waals surface area contributed by atoms with Gasteiger partial charge < -0.3 is 10.0 Å². The summed E-state index contributed by atoms with van der Waals surface area (Å²) in [6, 6.07) is 2.39. The van der Waals surface area contributed by atoms with Gasteiger partial charge in [-0.05, 0) is 25.7 Å². The number of likely N-dealkylation sites (N-methyl/N-ethyl adjacent to an activating group) is 1. The van der Waals surface area contributed by atoms with Crippen LogP contribution in [-0.2, 0) is 10.0 Å². The molecule has 1 heterocycles. The van der Waals surface area contributed by atoms with Crippen LogP contribution in [0, 0.1) is 0 Å². The van der Waals surface area contributed by atoms with E-state index in [0.717, 1.165) is 12.7 Å². The fraction of sp³-hybridized carbons (Fsp3) is 0.455. The van der Waals surface area contributed by atoms with E-state index in [4.69, 9.17) is 5.11 Å². The van der Waals surface area contributed by atoms with E-state index >= 15 is 0 Å². The molecule has 0 aliphatic carbocycles. The number of nitrogens with zero attached hydrogens (tertiary/aromatic N) is 2. The van der Waals surface area contributed by atoms with Gasteiger partial charge in [-0.2, -0.15) is 0 Å². The molecule has 106 valence electrons. The molecule has 0 unspecified atom stereocenters. The maximum atomic E-state index is 11.8. The number of pyridine rings is 1. The van der Waals surface area contributed by atoms with Crippen LogP contribution in [-0.4, -0.2) is 56.1 Å². The minimum absolute atomic E-state index is 0.0512. The molecule has 0 aliphatic heterocycles. The van der Waals surface area contributed by atoms with Gasteiger partial charge in [0.05, 0.1) is 5.56 Å². The number of nitrogens with one attached hydrogen (secondary N) is 1. The Morgan fingerprint density at radius 3 is 2.63 bits per heavy atom. The molecule has 1 aromatic rings. The third-order valence-electron chi connectivity index (χ3n) is 2.58. The van der Waals surface area contributed by atoms with Crippen LogP contribution in [0.15, 0.2) is 23.4 Å². The molecule has 7 nitrogen and oxygen atoms in total. The Labute approximate surface area is 112 Å². The van der Waals surface area contributed by atoms with Crippen molar-refractivity contribution in [2.45, 2.75) is 11.9 Å². The smallest absolute Gasteiger partial charge is 0.337 e. The van der Waals surface area contributed by atoms with Crippen molar-refractivity contribution < 1.29 is 18.3 Å². The van der Waals surface area contributed by atoms with Gasteiger partial charge in [0.2, 0.25) is 0 Å². The molecule has 0 amide bonds. The zero-order chi connectivity index (χ0) is 14.5. The molecular weight excluding hydrogens is 270 g/mol. The Kier molecular flexibility index (Phi) is 5.40. The Morgan fingerprint density at radius 2 is 2.16 bits per heavy atom. The Balaban J connectivity index is 2.69. The average molecular weight is 287 g/mol. The summed E-state index contributed by atoms with van der Waals surface area (Å²) in [5.41, 5.74) is -0.0512. The highest BCUT2D eigenvalue weighted by molar-refractivity contribution is 7.89. The number of carboxylic acids is 1. The number of rotatable bonds is 7. The van der Waals surface area contributed by atoms with Crippen LogP contribution in [0.1, 0.15) is 17.3 Å². The second kappa shape index (κ2) is 6.60. The normalized spacial score (nSPS) is 11.7. The first-order valence-corrected chi connectivity index (χ1v) is 7.22. The number of hydrogen-bond donors (Lipinski definition) is 2. The quantitative estimate of drug-likeness (QED) is 0.733. The van der Waals surface area contributed by atoms with Crippen molar-refractivity contribution in [2.75, 3.05) is 26.7 Å². The topological polar surface area (TPSA) is 99.6 Å². The van der Waals surface area contributed by atoms with E-state index in [0.29, 0.717) is 6.54 Å². The van der Waals surface area contributed by atoms with Crippen LogP contribution < -0.4 is 4.72 Å². The van der Waals surface area contributed by atoms with Gasteiger partial charge in [0.25, 0.3) is 10.0 Å². The molecule has 0 saturated carbocycles. The zero-order valence-electron chi connectivity index (χ0n) is 10.8. The second-order valence-electron chi connectivity index (χ2n) is 3.98. The molecule has 1 rings (SSSR count). The van der Waals surface area contributed by atoms with Gasteiger partial charge in [-0.15, -0.1) is 0 Å². The molecule has 0 saturated heterocycles. The monoisotopic (exact) mass is 287 g/mol. The summed E-state index contributed by atoms with van der Waals surface area (Å²) >= 11 is 0. The van der Waals surface area contributed by atoms with E-state index in [-0.39, 0.29) is 17.1 Å². The number of carboxylic acid groups (broad SMARTS) is 1.